The van der Waals surface area contributed by atoms with Crippen LogP contribution < -0.4 is 5.32 Å². The van der Waals surface area contributed by atoms with Crippen molar-refractivity contribution in [3.8, 4) is 5.69 Å². The van der Waals surface area contributed by atoms with Gasteiger partial charge in [0.1, 0.15) is 6.54 Å². The fourth-order valence-electron chi connectivity index (χ4n) is 1.85. The lowest BCUT2D eigenvalue weighted by Crippen LogP contribution is -2.30. The lowest BCUT2D eigenvalue weighted by Gasteiger charge is -2.07. The predicted molar refractivity (Wildman–Crippen MR) is 75.7 cm³/mol. The van der Waals surface area contributed by atoms with Crippen LogP contribution in [-0.4, -0.2) is 38.5 Å². The number of hydrogen-bond donors (Lipinski definition) is 2. The highest BCUT2D eigenvalue weighted by molar-refractivity contribution is 6.32. The molecule has 0 radical (unpaired) electrons. The van der Waals surface area contributed by atoms with Crippen LogP contribution in [0.5, 0.6) is 0 Å². The van der Waals surface area contributed by atoms with Crippen molar-refractivity contribution in [1.82, 2.24) is 20.3 Å². The summed E-state index contributed by atoms with van der Waals surface area (Å²) in [6, 6.07) is 7.05. The summed E-state index contributed by atoms with van der Waals surface area (Å²) in [7, 11) is 0. The van der Waals surface area contributed by atoms with Crippen LogP contribution in [0, 0.1) is 0 Å². The van der Waals surface area contributed by atoms with E-state index in [0.29, 0.717) is 22.8 Å². The van der Waals surface area contributed by atoms with Gasteiger partial charge in [-0.25, -0.2) is 4.68 Å². The minimum Gasteiger partial charge on any atom is -0.480 e. The summed E-state index contributed by atoms with van der Waals surface area (Å²) < 4.78 is 1.48. The van der Waals surface area contributed by atoms with E-state index in [-0.39, 0.29) is 5.69 Å². The Morgan fingerprint density at radius 1 is 1.38 bits per heavy atom. The molecule has 1 aromatic carbocycles. The number of para-hydroxylation sites is 1. The van der Waals surface area contributed by atoms with E-state index in [2.05, 4.69) is 15.6 Å². The molecule has 0 bridgehead atoms. The average Bonchev–Trinajstić information content (AvgIpc) is 2.88. The first-order valence-corrected chi connectivity index (χ1v) is 6.61. The van der Waals surface area contributed by atoms with Crippen molar-refractivity contribution in [2.45, 2.75) is 13.3 Å². The van der Waals surface area contributed by atoms with Gasteiger partial charge < -0.3 is 10.4 Å². The Kier molecular flexibility index (Phi) is 4.54. The molecule has 2 N–H and O–H groups in total. The first-order chi connectivity index (χ1) is 10.0. The van der Waals surface area contributed by atoms with Gasteiger partial charge in [0.25, 0.3) is 5.91 Å². The average molecular weight is 309 g/mol. The molecule has 1 amide bonds. The number of aliphatic carboxylic acids is 1. The molecule has 0 atom stereocenters. The number of aromatic nitrogens is 3. The lowest BCUT2D eigenvalue weighted by atomic mass is 10.2. The zero-order valence-corrected chi connectivity index (χ0v) is 12.0. The van der Waals surface area contributed by atoms with E-state index in [9.17, 15) is 9.59 Å². The van der Waals surface area contributed by atoms with Crippen LogP contribution in [-0.2, 0) is 11.2 Å². The summed E-state index contributed by atoms with van der Waals surface area (Å²) in [5, 5.41) is 19.1. The monoisotopic (exact) mass is 308 g/mol. The Balaban J connectivity index is 2.37. The van der Waals surface area contributed by atoms with E-state index in [4.69, 9.17) is 16.7 Å². The molecule has 0 aliphatic heterocycles. The van der Waals surface area contributed by atoms with Crippen molar-refractivity contribution >= 4 is 23.5 Å². The number of halogens is 1. The highest BCUT2D eigenvalue weighted by atomic mass is 35.5. The predicted octanol–water partition coefficient (Wildman–Crippen LogP) is 1.30. The van der Waals surface area contributed by atoms with Crippen LogP contribution in [0.25, 0.3) is 5.69 Å². The van der Waals surface area contributed by atoms with Crippen molar-refractivity contribution < 1.29 is 14.7 Å². The van der Waals surface area contributed by atoms with Gasteiger partial charge in [-0.3, -0.25) is 9.59 Å². The van der Waals surface area contributed by atoms with Gasteiger partial charge in [-0.15, -0.1) is 5.10 Å². The maximum Gasteiger partial charge on any atom is 0.322 e. The maximum atomic E-state index is 11.9. The number of nitrogens with one attached hydrogen (secondary N) is 1. The summed E-state index contributed by atoms with van der Waals surface area (Å²) >= 11 is 6.11. The molecule has 0 fully saturated rings. The number of benzene rings is 1. The molecule has 0 spiro atoms. The van der Waals surface area contributed by atoms with E-state index in [1.165, 1.54) is 4.68 Å². The van der Waals surface area contributed by atoms with Crippen molar-refractivity contribution in [3.05, 3.63) is 40.7 Å². The molecule has 0 aliphatic carbocycles. The van der Waals surface area contributed by atoms with Crippen molar-refractivity contribution in [2.24, 2.45) is 0 Å². The van der Waals surface area contributed by atoms with Gasteiger partial charge in [0.15, 0.2) is 5.69 Å². The van der Waals surface area contributed by atoms with E-state index in [0.717, 1.165) is 0 Å². The number of carboxylic acid groups (broad SMARTS) is 1. The highest BCUT2D eigenvalue weighted by Gasteiger charge is 2.20. The molecule has 1 aromatic heterocycles. The SMILES string of the molecule is CCc1c(C(=O)NCC(=O)O)nnn1-c1ccccc1Cl. The zero-order chi connectivity index (χ0) is 15.4. The van der Waals surface area contributed by atoms with Crippen molar-refractivity contribution in [3.63, 3.8) is 0 Å². The topological polar surface area (TPSA) is 97.1 Å². The molecule has 0 unspecified atom stereocenters. The van der Waals surface area contributed by atoms with Gasteiger partial charge in [0.05, 0.1) is 16.4 Å². The van der Waals surface area contributed by atoms with E-state index in [1.807, 2.05) is 6.92 Å². The van der Waals surface area contributed by atoms with Crippen LogP contribution in [0.4, 0.5) is 0 Å². The Hall–Kier alpha value is -2.41. The third-order valence-electron chi connectivity index (χ3n) is 2.79. The number of hydrogen-bond acceptors (Lipinski definition) is 4. The maximum absolute atomic E-state index is 11.9. The Morgan fingerprint density at radius 3 is 2.71 bits per heavy atom. The van der Waals surface area contributed by atoms with Gasteiger partial charge in [-0.1, -0.05) is 35.9 Å². The van der Waals surface area contributed by atoms with Gasteiger partial charge in [0.2, 0.25) is 0 Å². The lowest BCUT2D eigenvalue weighted by molar-refractivity contribution is -0.135. The summed E-state index contributed by atoms with van der Waals surface area (Å²) in [5.74, 6) is -1.70. The van der Waals surface area contributed by atoms with Crippen molar-refractivity contribution in [1.29, 1.82) is 0 Å². The summed E-state index contributed by atoms with van der Waals surface area (Å²) in [6.45, 7) is 1.38. The quantitative estimate of drug-likeness (QED) is 0.867. The molecule has 8 heteroatoms. The van der Waals surface area contributed by atoms with E-state index >= 15 is 0 Å². The van der Waals surface area contributed by atoms with Crippen LogP contribution in [0.3, 0.4) is 0 Å². The van der Waals surface area contributed by atoms with Crippen molar-refractivity contribution in [2.75, 3.05) is 6.54 Å². The first-order valence-electron chi connectivity index (χ1n) is 6.24. The third-order valence-corrected chi connectivity index (χ3v) is 3.11. The molecular formula is C13H13ClN4O3. The van der Waals surface area contributed by atoms with Gasteiger partial charge >= 0.3 is 5.97 Å². The van der Waals surface area contributed by atoms with Gasteiger partial charge in [-0.2, -0.15) is 0 Å². The number of nitrogens with zero attached hydrogens (tertiary/aromatic N) is 3. The molecule has 2 rings (SSSR count). The minimum absolute atomic E-state index is 0.0960. The standard InChI is InChI=1S/C13H13ClN4O3/c1-2-9-12(13(21)15-7-11(19)20)16-17-18(9)10-6-4-3-5-8(10)14/h3-6H,2,7H2,1H3,(H,15,21)(H,19,20). The number of amides is 1. The van der Waals surface area contributed by atoms with Crippen LogP contribution >= 0.6 is 11.6 Å². The Morgan fingerprint density at radius 2 is 2.10 bits per heavy atom. The second-order valence-corrected chi connectivity index (χ2v) is 4.59. The smallest absolute Gasteiger partial charge is 0.322 e. The molecule has 21 heavy (non-hydrogen) atoms. The Bertz CT molecular complexity index is 684. The minimum atomic E-state index is -1.13. The molecule has 2 aromatic rings. The van der Waals surface area contributed by atoms with Crippen LogP contribution in [0.15, 0.2) is 24.3 Å². The normalized spacial score (nSPS) is 10.4. The van der Waals surface area contributed by atoms with Crippen LogP contribution in [0.1, 0.15) is 23.1 Å². The molecular weight excluding hydrogens is 296 g/mol. The number of rotatable bonds is 5. The fraction of sp³-hybridized carbons (Fsp3) is 0.231. The molecule has 0 saturated carbocycles. The number of carboxylic acids is 1. The second kappa shape index (κ2) is 6.36. The fourth-order valence-corrected chi connectivity index (χ4v) is 2.07. The largest absolute Gasteiger partial charge is 0.480 e. The summed E-state index contributed by atoms with van der Waals surface area (Å²) in [6.07, 6.45) is 0.494. The molecule has 7 nitrogen and oxygen atoms in total. The zero-order valence-electron chi connectivity index (χ0n) is 11.2. The summed E-state index contributed by atoms with van der Waals surface area (Å²) in [5.41, 5.74) is 1.27. The van der Waals surface area contributed by atoms with Gasteiger partial charge in [0, 0.05) is 0 Å². The Labute approximate surface area is 125 Å². The first kappa shape index (κ1) is 15.0. The second-order valence-electron chi connectivity index (χ2n) is 4.18. The molecule has 110 valence electrons. The molecule has 0 saturated heterocycles. The molecule has 0 aliphatic rings. The van der Waals surface area contributed by atoms with E-state index < -0.39 is 18.4 Å². The third kappa shape index (κ3) is 3.19. The summed E-state index contributed by atoms with van der Waals surface area (Å²) in [4.78, 5) is 22.4. The van der Waals surface area contributed by atoms with Crippen LogP contribution in [0.2, 0.25) is 5.02 Å². The van der Waals surface area contributed by atoms with Gasteiger partial charge in [-0.05, 0) is 18.6 Å². The van der Waals surface area contributed by atoms with E-state index in [1.54, 1.807) is 24.3 Å². The molecule has 1 heterocycles. The number of carbonyl (C=O) groups excluding carboxylic acids is 1. The highest BCUT2D eigenvalue weighted by Crippen LogP contribution is 2.21. The number of carbonyl (C=O) groups is 2.